The van der Waals surface area contributed by atoms with E-state index in [4.69, 9.17) is 0 Å². The Bertz CT molecular complexity index is 1120. The zero-order valence-corrected chi connectivity index (χ0v) is 15.7. The van der Waals surface area contributed by atoms with Gasteiger partial charge in [0.15, 0.2) is 5.78 Å². The van der Waals surface area contributed by atoms with E-state index in [2.05, 4.69) is 19.4 Å². The summed E-state index contributed by atoms with van der Waals surface area (Å²) < 4.78 is 68.4. The van der Waals surface area contributed by atoms with Crippen LogP contribution in [0.4, 0.5) is 13.2 Å². The maximum atomic E-state index is 12.5. The molecule has 1 aromatic heterocycles. The smallest absolute Gasteiger partial charge is 0.329 e. The molecule has 2 aromatic carbocycles. The summed E-state index contributed by atoms with van der Waals surface area (Å²) in [6.07, 6.45) is -4.75. The Kier molecular flexibility index (Phi) is 5.53. The van der Waals surface area contributed by atoms with Crippen LogP contribution < -0.4 is 4.72 Å². The van der Waals surface area contributed by atoms with E-state index in [1.807, 2.05) is 6.92 Å². The Labute approximate surface area is 163 Å². The Balaban J connectivity index is 1.67. The fourth-order valence-electron chi connectivity index (χ4n) is 2.32. The van der Waals surface area contributed by atoms with Gasteiger partial charge in [0.2, 0.25) is 15.8 Å². The molecule has 0 saturated carbocycles. The van der Waals surface area contributed by atoms with Gasteiger partial charge in [0.25, 0.3) is 0 Å². The minimum absolute atomic E-state index is 0.0313. The first-order valence-corrected chi connectivity index (χ1v) is 9.65. The van der Waals surface area contributed by atoms with Crippen molar-refractivity contribution in [2.24, 2.45) is 0 Å². The number of alkyl halides is 3. The third-order valence-electron chi connectivity index (χ3n) is 3.89. The molecule has 152 valence electrons. The number of aromatic nitrogens is 2. The van der Waals surface area contributed by atoms with E-state index in [1.165, 1.54) is 36.4 Å². The van der Waals surface area contributed by atoms with Gasteiger partial charge < -0.3 is 4.52 Å². The molecule has 1 heterocycles. The first-order chi connectivity index (χ1) is 13.6. The second-order valence-corrected chi connectivity index (χ2v) is 7.83. The molecule has 0 aliphatic carbocycles. The molecule has 0 bridgehead atoms. The number of Topliss-reactive ketones (excluding diaryl/α,β-unsaturated/α-hetero) is 1. The maximum Gasteiger partial charge on any atom is 0.471 e. The molecule has 3 aromatic rings. The van der Waals surface area contributed by atoms with E-state index in [9.17, 15) is 26.4 Å². The fraction of sp³-hybridized carbons (Fsp3) is 0.167. The van der Waals surface area contributed by atoms with Crippen LogP contribution in [0.5, 0.6) is 0 Å². The van der Waals surface area contributed by atoms with Crippen LogP contribution in [-0.2, 0) is 16.2 Å². The van der Waals surface area contributed by atoms with Crippen molar-refractivity contribution < 1.29 is 30.9 Å². The number of sulfonamides is 1. The van der Waals surface area contributed by atoms with Gasteiger partial charge in [-0.2, -0.15) is 18.2 Å². The lowest BCUT2D eigenvalue weighted by Gasteiger charge is -2.07. The average molecular weight is 425 g/mol. The van der Waals surface area contributed by atoms with Gasteiger partial charge in [-0.1, -0.05) is 47.1 Å². The number of nitrogens with one attached hydrogen (secondary N) is 1. The molecule has 0 spiro atoms. The van der Waals surface area contributed by atoms with Crippen LogP contribution in [0.2, 0.25) is 0 Å². The molecule has 0 atom stereocenters. The summed E-state index contributed by atoms with van der Waals surface area (Å²) in [5, 5.41) is 3.25. The summed E-state index contributed by atoms with van der Waals surface area (Å²) in [5.74, 6) is -2.27. The molecule has 0 saturated heterocycles. The van der Waals surface area contributed by atoms with E-state index in [1.54, 1.807) is 12.1 Å². The maximum absolute atomic E-state index is 12.5. The molecule has 0 unspecified atom stereocenters. The molecule has 0 amide bonds. The van der Waals surface area contributed by atoms with E-state index >= 15 is 0 Å². The number of hydrogen-bond acceptors (Lipinski definition) is 6. The number of halogens is 3. The zero-order valence-electron chi connectivity index (χ0n) is 14.9. The van der Waals surface area contributed by atoms with Crippen molar-refractivity contribution in [3.05, 3.63) is 65.5 Å². The highest BCUT2D eigenvalue weighted by Crippen LogP contribution is 2.29. The normalized spacial score (nSPS) is 12.1. The molecule has 0 radical (unpaired) electrons. The van der Waals surface area contributed by atoms with E-state index in [0.717, 1.165) is 5.56 Å². The third-order valence-corrected chi connectivity index (χ3v) is 5.30. The minimum atomic E-state index is -4.75. The molecule has 7 nitrogen and oxygen atoms in total. The van der Waals surface area contributed by atoms with Gasteiger partial charge in [0.1, 0.15) is 0 Å². The summed E-state index contributed by atoms with van der Waals surface area (Å²) in [5.41, 5.74) is 1.27. The standard InChI is InChI=1S/C18H14F3N3O4S/c1-11-2-8-14(9-3-11)29(26,27)22-10-15(25)12-4-6-13(7-5-12)16-23-17(28-24-16)18(19,20)21/h2-9,22H,10H2,1H3. The fourth-order valence-corrected chi connectivity index (χ4v) is 3.31. The molecule has 0 aliphatic rings. The van der Waals surface area contributed by atoms with Crippen LogP contribution in [0.3, 0.4) is 0 Å². The van der Waals surface area contributed by atoms with Crippen molar-refractivity contribution in [2.45, 2.75) is 18.0 Å². The van der Waals surface area contributed by atoms with Gasteiger partial charge in [0, 0.05) is 11.1 Å². The highest BCUT2D eigenvalue weighted by atomic mass is 32.2. The molecular weight excluding hydrogens is 411 g/mol. The molecule has 0 aliphatic heterocycles. The minimum Gasteiger partial charge on any atom is -0.329 e. The SMILES string of the molecule is Cc1ccc(S(=O)(=O)NCC(=O)c2ccc(-c3noc(C(F)(F)F)n3)cc2)cc1. The van der Waals surface area contributed by atoms with Crippen molar-refractivity contribution in [1.82, 2.24) is 14.9 Å². The highest BCUT2D eigenvalue weighted by Gasteiger charge is 2.38. The number of ketones is 1. The van der Waals surface area contributed by atoms with E-state index < -0.39 is 34.4 Å². The number of aryl methyl sites for hydroxylation is 1. The Morgan fingerprint density at radius 3 is 2.24 bits per heavy atom. The van der Waals surface area contributed by atoms with Gasteiger partial charge >= 0.3 is 12.1 Å². The number of rotatable bonds is 6. The first kappa shape index (κ1) is 20.7. The second-order valence-electron chi connectivity index (χ2n) is 6.06. The monoisotopic (exact) mass is 425 g/mol. The quantitative estimate of drug-likeness (QED) is 0.609. The molecule has 11 heteroatoms. The Morgan fingerprint density at radius 1 is 1.07 bits per heavy atom. The third kappa shape index (κ3) is 4.87. The Hall–Kier alpha value is -3.05. The molecule has 0 fully saturated rings. The van der Waals surface area contributed by atoms with Crippen molar-refractivity contribution in [1.29, 1.82) is 0 Å². The zero-order chi connectivity index (χ0) is 21.2. The molecule has 1 N–H and O–H groups in total. The topological polar surface area (TPSA) is 102 Å². The number of carbonyl (C=O) groups is 1. The summed E-state index contributed by atoms with van der Waals surface area (Å²) in [4.78, 5) is 15.5. The largest absolute Gasteiger partial charge is 0.471 e. The lowest BCUT2D eigenvalue weighted by Crippen LogP contribution is -2.29. The van der Waals surface area contributed by atoms with Crippen LogP contribution >= 0.6 is 0 Å². The number of hydrogen-bond donors (Lipinski definition) is 1. The van der Waals surface area contributed by atoms with Crippen molar-refractivity contribution in [2.75, 3.05) is 6.54 Å². The van der Waals surface area contributed by atoms with Gasteiger partial charge in [-0.3, -0.25) is 4.79 Å². The number of benzene rings is 2. The lowest BCUT2D eigenvalue weighted by molar-refractivity contribution is -0.159. The first-order valence-electron chi connectivity index (χ1n) is 8.17. The van der Waals surface area contributed by atoms with Crippen LogP contribution in [0.1, 0.15) is 21.8 Å². The summed E-state index contributed by atoms with van der Waals surface area (Å²) in [6, 6.07) is 11.5. The van der Waals surface area contributed by atoms with E-state index in [-0.39, 0.29) is 21.8 Å². The average Bonchev–Trinajstić information content (AvgIpc) is 3.17. The van der Waals surface area contributed by atoms with Crippen molar-refractivity contribution >= 4 is 15.8 Å². The van der Waals surface area contributed by atoms with Gasteiger partial charge in [0.05, 0.1) is 11.4 Å². The van der Waals surface area contributed by atoms with E-state index in [0.29, 0.717) is 0 Å². The van der Waals surface area contributed by atoms with Gasteiger partial charge in [-0.25, -0.2) is 13.1 Å². The van der Waals surface area contributed by atoms with Gasteiger partial charge in [-0.05, 0) is 19.1 Å². The molecule has 3 rings (SSSR count). The summed E-state index contributed by atoms with van der Waals surface area (Å²) in [7, 11) is -3.85. The number of carbonyl (C=O) groups excluding carboxylic acids is 1. The van der Waals surface area contributed by atoms with Crippen LogP contribution in [0, 0.1) is 6.92 Å². The predicted octanol–water partition coefficient (Wildman–Crippen LogP) is 3.23. The number of nitrogens with zero attached hydrogens (tertiary/aromatic N) is 2. The van der Waals surface area contributed by atoms with Crippen LogP contribution in [0.25, 0.3) is 11.4 Å². The van der Waals surface area contributed by atoms with Crippen molar-refractivity contribution in [3.8, 4) is 11.4 Å². The predicted molar refractivity (Wildman–Crippen MR) is 95.4 cm³/mol. The van der Waals surface area contributed by atoms with Crippen LogP contribution in [-0.4, -0.2) is 30.9 Å². The highest BCUT2D eigenvalue weighted by molar-refractivity contribution is 7.89. The second kappa shape index (κ2) is 7.76. The summed E-state index contributed by atoms with van der Waals surface area (Å²) in [6.45, 7) is 1.34. The van der Waals surface area contributed by atoms with Crippen LogP contribution in [0.15, 0.2) is 57.9 Å². The Morgan fingerprint density at radius 2 is 1.69 bits per heavy atom. The lowest BCUT2D eigenvalue weighted by atomic mass is 10.1. The molecular formula is C18H14F3N3O4S. The summed E-state index contributed by atoms with van der Waals surface area (Å²) >= 11 is 0. The van der Waals surface area contributed by atoms with Crippen molar-refractivity contribution in [3.63, 3.8) is 0 Å². The molecule has 29 heavy (non-hydrogen) atoms. The van der Waals surface area contributed by atoms with Gasteiger partial charge in [-0.15, -0.1) is 0 Å².